The molecule has 0 rings (SSSR count). The largest absolute Gasteiger partial charge is 0.515 e. The Morgan fingerprint density at radius 1 is 1.24 bits per heavy atom. The number of hydrogen-bond acceptors (Lipinski definition) is 7. The number of carbonyl (C=O) groups is 4. The predicted octanol–water partition coefficient (Wildman–Crippen LogP) is 1.66. The molecule has 0 heterocycles. The highest BCUT2D eigenvalue weighted by Crippen LogP contribution is 2.26. The minimum absolute atomic E-state index is 0.0396. The number of aliphatic hydroxyl groups excluding tert-OH is 1. The van der Waals surface area contributed by atoms with Crippen molar-refractivity contribution in [2.24, 2.45) is 5.92 Å². The van der Waals surface area contributed by atoms with Crippen LogP contribution in [0.5, 0.6) is 0 Å². The third kappa shape index (κ3) is 7.06. The van der Waals surface area contributed by atoms with E-state index in [1.54, 1.807) is 0 Å². The molecule has 140 valence electrons. The fourth-order valence-electron chi connectivity index (χ4n) is 1.65. The molecule has 2 N–H and O–H groups in total. The van der Waals surface area contributed by atoms with E-state index < -0.39 is 60.3 Å². The van der Waals surface area contributed by atoms with Crippen molar-refractivity contribution in [2.75, 3.05) is 0 Å². The molecule has 0 aromatic carbocycles. The van der Waals surface area contributed by atoms with Crippen LogP contribution in [0.25, 0.3) is 0 Å². The van der Waals surface area contributed by atoms with E-state index >= 15 is 0 Å². The van der Waals surface area contributed by atoms with Gasteiger partial charge in [-0.3, -0.25) is 9.59 Å². The number of halogens is 3. The zero-order valence-electron chi connectivity index (χ0n) is 12.9. The van der Waals surface area contributed by atoms with Crippen molar-refractivity contribution in [2.45, 2.75) is 32.0 Å². The Morgan fingerprint density at radius 3 is 2.16 bits per heavy atom. The fourth-order valence-corrected chi connectivity index (χ4v) is 1.65. The number of carboxylic acid groups (broad SMARTS) is 1. The minimum atomic E-state index is -5.27. The molecule has 11 heteroatoms. The number of carboxylic acids is 1. The van der Waals surface area contributed by atoms with E-state index in [4.69, 9.17) is 14.9 Å². The molecule has 0 aliphatic carbocycles. The number of carbonyl (C=O) groups excluding carboxylic acids is 3. The van der Waals surface area contributed by atoms with Crippen molar-refractivity contribution in [3.05, 3.63) is 24.5 Å². The topological polar surface area (TPSA) is 127 Å². The number of ether oxygens (including phenoxy) is 2. The molecule has 0 aliphatic rings. The summed E-state index contributed by atoms with van der Waals surface area (Å²) in [6.45, 7) is 4.54. The van der Waals surface area contributed by atoms with E-state index in [-0.39, 0.29) is 6.42 Å². The molecule has 0 saturated heterocycles. The van der Waals surface area contributed by atoms with E-state index in [9.17, 15) is 32.3 Å². The third-order valence-electron chi connectivity index (χ3n) is 2.85. The lowest BCUT2D eigenvalue weighted by Gasteiger charge is -2.21. The monoisotopic (exact) mass is 368 g/mol. The van der Waals surface area contributed by atoms with Gasteiger partial charge in [-0.25, -0.2) is 9.59 Å². The SMILES string of the molecule is C=CC(=O)OC(CC)C(CC(=O)OC(=O)/C(=C\O)C(F)(F)F)C(=O)O. The number of alkyl halides is 3. The first-order chi connectivity index (χ1) is 11.5. The van der Waals surface area contributed by atoms with E-state index in [0.717, 1.165) is 6.08 Å². The molecule has 0 radical (unpaired) electrons. The van der Waals surface area contributed by atoms with Crippen LogP contribution in [-0.2, 0) is 28.7 Å². The van der Waals surface area contributed by atoms with Gasteiger partial charge in [0, 0.05) is 6.08 Å². The Labute approximate surface area is 139 Å². The van der Waals surface area contributed by atoms with Crippen molar-refractivity contribution in [1.82, 2.24) is 0 Å². The second-order valence-electron chi connectivity index (χ2n) is 4.54. The Kier molecular flexibility index (Phi) is 8.37. The van der Waals surface area contributed by atoms with Crippen LogP contribution in [0, 0.1) is 5.92 Å². The van der Waals surface area contributed by atoms with Crippen LogP contribution in [0.4, 0.5) is 13.2 Å². The molecule has 0 saturated carbocycles. The van der Waals surface area contributed by atoms with Gasteiger partial charge in [-0.05, 0) is 6.42 Å². The number of aliphatic carboxylic acids is 1. The number of hydrogen-bond donors (Lipinski definition) is 2. The highest BCUT2D eigenvalue weighted by molar-refractivity contribution is 5.97. The summed E-state index contributed by atoms with van der Waals surface area (Å²) in [5, 5.41) is 17.5. The van der Waals surface area contributed by atoms with Crippen LogP contribution in [0.15, 0.2) is 24.5 Å². The van der Waals surface area contributed by atoms with Gasteiger partial charge in [-0.15, -0.1) is 0 Å². The Hall–Kier alpha value is -2.85. The summed E-state index contributed by atoms with van der Waals surface area (Å²) in [4.78, 5) is 45.1. The van der Waals surface area contributed by atoms with Gasteiger partial charge in [-0.1, -0.05) is 13.5 Å². The normalized spacial score (nSPS) is 14.2. The maximum Gasteiger partial charge on any atom is 0.426 e. The van der Waals surface area contributed by atoms with Crippen LogP contribution in [0.1, 0.15) is 19.8 Å². The van der Waals surface area contributed by atoms with Crippen LogP contribution in [-0.4, -0.2) is 46.4 Å². The fraction of sp³-hybridized carbons (Fsp3) is 0.429. The summed E-state index contributed by atoms with van der Waals surface area (Å²) in [6, 6.07) is 0. The van der Waals surface area contributed by atoms with Gasteiger partial charge in [0.25, 0.3) is 0 Å². The van der Waals surface area contributed by atoms with E-state index in [1.165, 1.54) is 6.92 Å². The van der Waals surface area contributed by atoms with Gasteiger partial charge in [0.15, 0.2) is 5.57 Å². The van der Waals surface area contributed by atoms with Crippen molar-refractivity contribution < 1.29 is 52.0 Å². The lowest BCUT2D eigenvalue weighted by molar-refractivity contribution is -0.169. The lowest BCUT2D eigenvalue weighted by atomic mass is 9.96. The minimum Gasteiger partial charge on any atom is -0.515 e. The zero-order valence-corrected chi connectivity index (χ0v) is 12.9. The van der Waals surface area contributed by atoms with Gasteiger partial charge < -0.3 is 19.7 Å². The molecule has 0 aliphatic heterocycles. The molecule has 0 aromatic rings. The molecule has 8 nitrogen and oxygen atoms in total. The Balaban J connectivity index is 5.13. The summed E-state index contributed by atoms with van der Waals surface area (Å²) in [5.74, 6) is -8.03. The first-order valence-electron chi connectivity index (χ1n) is 6.70. The average Bonchev–Trinajstić information content (AvgIpc) is 2.49. The van der Waals surface area contributed by atoms with Gasteiger partial charge in [0.2, 0.25) is 0 Å². The highest BCUT2D eigenvalue weighted by atomic mass is 19.4. The van der Waals surface area contributed by atoms with Crippen molar-refractivity contribution in [1.29, 1.82) is 0 Å². The molecule has 0 spiro atoms. The van der Waals surface area contributed by atoms with Crippen LogP contribution in [0.2, 0.25) is 0 Å². The number of rotatable bonds is 8. The molecule has 0 aromatic heterocycles. The molecular formula is C14H15F3O8. The van der Waals surface area contributed by atoms with Gasteiger partial charge in [0.05, 0.1) is 12.7 Å². The Morgan fingerprint density at radius 2 is 1.80 bits per heavy atom. The van der Waals surface area contributed by atoms with Crippen LogP contribution in [0.3, 0.4) is 0 Å². The number of esters is 3. The molecule has 2 unspecified atom stereocenters. The molecule has 0 amide bonds. The van der Waals surface area contributed by atoms with Gasteiger partial charge in [0.1, 0.15) is 12.0 Å². The predicted molar refractivity (Wildman–Crippen MR) is 74.0 cm³/mol. The summed E-state index contributed by atoms with van der Waals surface area (Å²) in [5.41, 5.74) is -2.14. The van der Waals surface area contributed by atoms with Crippen molar-refractivity contribution in [3.8, 4) is 0 Å². The first kappa shape index (κ1) is 22.1. The molecule has 2 atom stereocenters. The average molecular weight is 368 g/mol. The first-order valence-corrected chi connectivity index (χ1v) is 6.70. The zero-order chi connectivity index (χ0) is 19.8. The lowest BCUT2D eigenvalue weighted by Crippen LogP contribution is -2.35. The summed E-state index contributed by atoms with van der Waals surface area (Å²) >= 11 is 0. The molecule has 25 heavy (non-hydrogen) atoms. The van der Waals surface area contributed by atoms with Gasteiger partial charge in [-0.2, -0.15) is 13.2 Å². The van der Waals surface area contributed by atoms with E-state index in [1.807, 2.05) is 0 Å². The van der Waals surface area contributed by atoms with Crippen molar-refractivity contribution >= 4 is 23.9 Å². The molecule has 0 bridgehead atoms. The molecule has 0 fully saturated rings. The second-order valence-corrected chi connectivity index (χ2v) is 4.54. The van der Waals surface area contributed by atoms with E-state index in [2.05, 4.69) is 11.3 Å². The summed E-state index contributed by atoms with van der Waals surface area (Å²) in [7, 11) is 0. The van der Waals surface area contributed by atoms with Crippen molar-refractivity contribution in [3.63, 3.8) is 0 Å². The molecular weight excluding hydrogens is 353 g/mol. The van der Waals surface area contributed by atoms with E-state index in [0.29, 0.717) is 0 Å². The van der Waals surface area contributed by atoms with Crippen LogP contribution < -0.4 is 0 Å². The van der Waals surface area contributed by atoms with Crippen LogP contribution >= 0.6 is 0 Å². The number of aliphatic hydroxyl groups is 1. The highest BCUT2D eigenvalue weighted by Gasteiger charge is 2.42. The quantitative estimate of drug-likeness (QED) is 0.287. The Bertz CT molecular complexity index is 579. The maximum absolute atomic E-state index is 12.4. The smallest absolute Gasteiger partial charge is 0.426 e. The third-order valence-corrected chi connectivity index (χ3v) is 2.85. The standard InChI is InChI=1S/C14H15F3O8/c1-3-9(24-10(19)4-2)7(12(21)22)5-11(20)25-13(23)8(6-18)14(15,16)17/h4,6-7,9,18H,2-3,5H2,1H3,(H,21,22)/b8-6+. The van der Waals surface area contributed by atoms with Gasteiger partial charge >= 0.3 is 30.1 Å². The second kappa shape index (κ2) is 9.45. The summed E-state index contributed by atoms with van der Waals surface area (Å²) < 4.78 is 45.8. The maximum atomic E-state index is 12.4. The summed E-state index contributed by atoms with van der Waals surface area (Å²) in [6.07, 6.45) is -7.48.